The van der Waals surface area contributed by atoms with Gasteiger partial charge in [0.1, 0.15) is 11.5 Å². The second kappa shape index (κ2) is 8.36. The van der Waals surface area contributed by atoms with Crippen molar-refractivity contribution in [1.29, 1.82) is 0 Å². The van der Waals surface area contributed by atoms with Crippen LogP contribution in [0.25, 0.3) is 10.8 Å². The number of carbonyl (C=O) groups excluding carboxylic acids is 1. The summed E-state index contributed by atoms with van der Waals surface area (Å²) in [5.74, 6) is 1.10. The number of aryl methyl sites for hydroxylation is 2. The molecule has 3 aromatic rings. The fourth-order valence-corrected chi connectivity index (χ4v) is 2.95. The second-order valence-corrected chi connectivity index (χ2v) is 6.21. The Morgan fingerprint density at radius 1 is 1.04 bits per heavy atom. The van der Waals surface area contributed by atoms with E-state index in [-0.39, 0.29) is 12.5 Å². The molecule has 0 saturated carbocycles. The van der Waals surface area contributed by atoms with Crippen LogP contribution < -0.4 is 14.9 Å². The summed E-state index contributed by atoms with van der Waals surface area (Å²) in [5, 5.41) is 6.15. The van der Waals surface area contributed by atoms with Gasteiger partial charge in [-0.25, -0.2) is 5.43 Å². The quantitative estimate of drug-likeness (QED) is 0.533. The van der Waals surface area contributed by atoms with E-state index in [1.54, 1.807) is 13.3 Å². The summed E-state index contributed by atoms with van der Waals surface area (Å²) in [6.07, 6.45) is 1.60. The Hall–Kier alpha value is -3.34. The van der Waals surface area contributed by atoms with E-state index in [1.165, 1.54) is 0 Å². The summed E-state index contributed by atoms with van der Waals surface area (Å²) in [7, 11) is 1.61. The number of amides is 1. The molecule has 0 saturated heterocycles. The SMILES string of the molecule is COc1ccc2ccccc2c1/C=N\NC(=O)COc1c(C)cccc1C. The minimum atomic E-state index is -0.326. The predicted octanol–water partition coefficient (Wildman–Crippen LogP) is 3.99. The van der Waals surface area contributed by atoms with Crippen molar-refractivity contribution < 1.29 is 14.3 Å². The van der Waals surface area contributed by atoms with Gasteiger partial charge >= 0.3 is 0 Å². The van der Waals surface area contributed by atoms with E-state index in [1.807, 2.05) is 68.4 Å². The highest BCUT2D eigenvalue weighted by molar-refractivity contribution is 6.02. The van der Waals surface area contributed by atoms with Crippen LogP contribution in [0.3, 0.4) is 0 Å². The van der Waals surface area contributed by atoms with Gasteiger partial charge in [0, 0.05) is 5.56 Å². The van der Waals surface area contributed by atoms with E-state index in [0.29, 0.717) is 5.75 Å². The van der Waals surface area contributed by atoms with E-state index in [9.17, 15) is 4.79 Å². The molecule has 0 atom stereocenters. The number of nitrogens with zero attached hydrogens (tertiary/aromatic N) is 1. The smallest absolute Gasteiger partial charge is 0.277 e. The first-order valence-corrected chi connectivity index (χ1v) is 8.67. The topological polar surface area (TPSA) is 59.9 Å². The fraction of sp³-hybridized carbons (Fsp3) is 0.182. The normalized spacial score (nSPS) is 10.9. The minimum Gasteiger partial charge on any atom is -0.496 e. The fourth-order valence-electron chi connectivity index (χ4n) is 2.95. The molecule has 0 unspecified atom stereocenters. The molecule has 3 rings (SSSR count). The van der Waals surface area contributed by atoms with Crippen LogP contribution >= 0.6 is 0 Å². The molecule has 0 aliphatic carbocycles. The third-order valence-corrected chi connectivity index (χ3v) is 4.29. The van der Waals surface area contributed by atoms with Gasteiger partial charge in [-0.1, -0.05) is 48.5 Å². The molecule has 0 heterocycles. The molecular weight excluding hydrogens is 340 g/mol. The molecule has 5 heteroatoms. The Morgan fingerprint density at radius 3 is 2.52 bits per heavy atom. The van der Waals surface area contributed by atoms with Gasteiger partial charge in [-0.3, -0.25) is 4.79 Å². The zero-order chi connectivity index (χ0) is 19.2. The summed E-state index contributed by atoms with van der Waals surface area (Å²) in [6, 6.07) is 17.7. The number of nitrogens with one attached hydrogen (secondary N) is 1. The first-order chi connectivity index (χ1) is 13.1. The number of rotatable bonds is 6. The van der Waals surface area contributed by atoms with Gasteiger partial charge in [-0.05, 0) is 41.8 Å². The van der Waals surface area contributed by atoms with Crippen molar-refractivity contribution in [3.63, 3.8) is 0 Å². The van der Waals surface area contributed by atoms with E-state index < -0.39 is 0 Å². The lowest BCUT2D eigenvalue weighted by Gasteiger charge is -2.11. The zero-order valence-corrected chi connectivity index (χ0v) is 15.7. The van der Waals surface area contributed by atoms with Crippen LogP contribution in [0.4, 0.5) is 0 Å². The molecule has 27 heavy (non-hydrogen) atoms. The Kier molecular flexibility index (Phi) is 5.71. The predicted molar refractivity (Wildman–Crippen MR) is 108 cm³/mol. The maximum Gasteiger partial charge on any atom is 0.277 e. The van der Waals surface area contributed by atoms with Gasteiger partial charge < -0.3 is 9.47 Å². The van der Waals surface area contributed by atoms with Gasteiger partial charge in [0.15, 0.2) is 6.61 Å². The van der Waals surface area contributed by atoms with Gasteiger partial charge in [-0.2, -0.15) is 5.10 Å². The number of hydrogen-bond donors (Lipinski definition) is 1. The third kappa shape index (κ3) is 4.26. The average Bonchev–Trinajstić information content (AvgIpc) is 2.67. The number of methoxy groups -OCH3 is 1. The molecule has 3 aromatic carbocycles. The van der Waals surface area contributed by atoms with Gasteiger partial charge in [-0.15, -0.1) is 0 Å². The summed E-state index contributed by atoms with van der Waals surface area (Å²) in [4.78, 5) is 12.1. The highest BCUT2D eigenvalue weighted by Gasteiger charge is 2.08. The lowest BCUT2D eigenvalue weighted by Crippen LogP contribution is -2.25. The van der Waals surface area contributed by atoms with E-state index in [0.717, 1.165) is 33.2 Å². The van der Waals surface area contributed by atoms with Crippen molar-refractivity contribution in [2.75, 3.05) is 13.7 Å². The number of carbonyl (C=O) groups is 1. The minimum absolute atomic E-state index is 0.101. The molecule has 1 N–H and O–H groups in total. The molecule has 0 radical (unpaired) electrons. The molecular formula is C22H22N2O3. The van der Waals surface area contributed by atoms with Crippen molar-refractivity contribution in [2.24, 2.45) is 5.10 Å². The zero-order valence-electron chi connectivity index (χ0n) is 15.7. The van der Waals surface area contributed by atoms with Crippen LogP contribution in [0.5, 0.6) is 11.5 Å². The molecule has 0 spiro atoms. The summed E-state index contributed by atoms with van der Waals surface area (Å²) in [5.41, 5.74) is 5.30. The highest BCUT2D eigenvalue weighted by Crippen LogP contribution is 2.26. The average molecular weight is 362 g/mol. The standard InChI is InChI=1S/C22H22N2O3/c1-15-7-6-8-16(2)22(15)27-14-21(25)24-23-13-19-18-10-5-4-9-17(18)11-12-20(19)26-3/h4-13H,14H2,1-3H3,(H,24,25)/b23-13-. The number of hydrogen-bond acceptors (Lipinski definition) is 4. The van der Waals surface area contributed by atoms with Crippen molar-refractivity contribution in [1.82, 2.24) is 5.43 Å². The van der Waals surface area contributed by atoms with Gasteiger partial charge in [0.2, 0.25) is 0 Å². The largest absolute Gasteiger partial charge is 0.496 e. The Morgan fingerprint density at radius 2 is 1.78 bits per heavy atom. The summed E-state index contributed by atoms with van der Waals surface area (Å²) < 4.78 is 11.1. The lowest BCUT2D eigenvalue weighted by atomic mass is 10.0. The third-order valence-electron chi connectivity index (χ3n) is 4.29. The van der Waals surface area contributed by atoms with E-state index >= 15 is 0 Å². The molecule has 1 amide bonds. The Labute approximate surface area is 158 Å². The van der Waals surface area contributed by atoms with Crippen LogP contribution in [0.1, 0.15) is 16.7 Å². The number of ether oxygens (including phenoxy) is 2. The number of para-hydroxylation sites is 1. The molecule has 0 aliphatic rings. The Balaban J connectivity index is 1.69. The lowest BCUT2D eigenvalue weighted by molar-refractivity contribution is -0.123. The molecule has 138 valence electrons. The number of fused-ring (bicyclic) bond motifs is 1. The van der Waals surface area contributed by atoms with Crippen molar-refractivity contribution in [2.45, 2.75) is 13.8 Å². The van der Waals surface area contributed by atoms with Crippen molar-refractivity contribution in [3.8, 4) is 11.5 Å². The second-order valence-electron chi connectivity index (χ2n) is 6.21. The molecule has 0 aromatic heterocycles. The van der Waals surface area contributed by atoms with Crippen LogP contribution in [0.2, 0.25) is 0 Å². The Bertz CT molecular complexity index is 976. The number of benzene rings is 3. The molecule has 0 aliphatic heterocycles. The number of hydrazone groups is 1. The van der Waals surface area contributed by atoms with Crippen molar-refractivity contribution in [3.05, 3.63) is 71.3 Å². The maximum atomic E-state index is 12.1. The van der Waals surface area contributed by atoms with E-state index in [4.69, 9.17) is 9.47 Å². The van der Waals surface area contributed by atoms with Crippen LogP contribution in [0.15, 0.2) is 59.7 Å². The monoisotopic (exact) mass is 362 g/mol. The molecule has 0 fully saturated rings. The van der Waals surface area contributed by atoms with Gasteiger partial charge in [0.25, 0.3) is 5.91 Å². The first-order valence-electron chi connectivity index (χ1n) is 8.67. The molecule has 0 bridgehead atoms. The van der Waals surface area contributed by atoms with E-state index in [2.05, 4.69) is 10.5 Å². The summed E-state index contributed by atoms with van der Waals surface area (Å²) in [6.45, 7) is 3.80. The summed E-state index contributed by atoms with van der Waals surface area (Å²) >= 11 is 0. The molecule has 5 nitrogen and oxygen atoms in total. The van der Waals surface area contributed by atoms with Gasteiger partial charge in [0.05, 0.1) is 13.3 Å². The van der Waals surface area contributed by atoms with Crippen molar-refractivity contribution >= 4 is 22.9 Å². The highest BCUT2D eigenvalue weighted by atomic mass is 16.5. The van der Waals surface area contributed by atoms with Crippen LogP contribution in [0, 0.1) is 13.8 Å². The van der Waals surface area contributed by atoms with Crippen LogP contribution in [-0.4, -0.2) is 25.8 Å². The maximum absolute atomic E-state index is 12.1. The first kappa shape index (κ1) is 18.5. The van der Waals surface area contributed by atoms with Crippen LogP contribution in [-0.2, 0) is 4.79 Å².